The van der Waals surface area contributed by atoms with Gasteiger partial charge in [0.25, 0.3) is 0 Å². The molecule has 1 amide bonds. The third kappa shape index (κ3) is 4.12. The Balaban J connectivity index is 1.66. The van der Waals surface area contributed by atoms with Crippen molar-refractivity contribution in [2.75, 3.05) is 5.32 Å². The Kier molecular flexibility index (Phi) is 5.09. The molecule has 2 nitrogen and oxygen atoms in total. The third-order valence-corrected chi connectivity index (χ3v) is 3.92. The second-order valence-electron chi connectivity index (χ2n) is 5.29. The van der Waals surface area contributed by atoms with Gasteiger partial charge in [0.15, 0.2) is 0 Å². The lowest BCUT2D eigenvalue weighted by molar-refractivity contribution is -0.111. The number of nitrogens with one attached hydrogen (secondary N) is 1. The maximum atomic E-state index is 12.0. The monoisotopic (exact) mass is 333 g/mol. The molecule has 0 spiro atoms. The summed E-state index contributed by atoms with van der Waals surface area (Å²) in [5.74, 6) is -0.192. The number of amides is 1. The Morgan fingerprint density at radius 3 is 2.12 bits per heavy atom. The van der Waals surface area contributed by atoms with Crippen molar-refractivity contribution in [2.45, 2.75) is 0 Å². The van der Waals surface area contributed by atoms with Gasteiger partial charge in [0.05, 0.1) is 0 Å². The number of hydrogen-bond donors (Lipinski definition) is 1. The van der Waals surface area contributed by atoms with Gasteiger partial charge in [0.1, 0.15) is 0 Å². The number of hydrogen-bond acceptors (Lipinski definition) is 1. The first-order valence-corrected chi connectivity index (χ1v) is 7.99. The molecular weight excluding hydrogens is 318 g/mol. The predicted octanol–water partition coefficient (Wildman–Crippen LogP) is 5.66. The highest BCUT2D eigenvalue weighted by Crippen LogP contribution is 2.21. The van der Waals surface area contributed by atoms with Gasteiger partial charge in [-0.25, -0.2) is 0 Å². The van der Waals surface area contributed by atoms with E-state index in [4.69, 9.17) is 11.6 Å². The van der Waals surface area contributed by atoms with Crippen molar-refractivity contribution in [3.63, 3.8) is 0 Å². The van der Waals surface area contributed by atoms with Gasteiger partial charge in [-0.1, -0.05) is 72.3 Å². The first-order valence-electron chi connectivity index (χ1n) is 7.61. The number of carbonyl (C=O) groups is 1. The second-order valence-corrected chi connectivity index (χ2v) is 5.69. The molecule has 0 unspecified atom stereocenters. The van der Waals surface area contributed by atoms with Crippen molar-refractivity contribution in [2.24, 2.45) is 0 Å². The maximum absolute atomic E-state index is 12.0. The number of rotatable bonds is 4. The molecule has 3 heteroatoms. The van der Waals surface area contributed by atoms with E-state index in [0.717, 1.165) is 22.4 Å². The summed E-state index contributed by atoms with van der Waals surface area (Å²) < 4.78 is 0. The Labute approximate surface area is 146 Å². The lowest BCUT2D eigenvalue weighted by Crippen LogP contribution is -2.07. The zero-order valence-electron chi connectivity index (χ0n) is 12.9. The van der Waals surface area contributed by atoms with Crippen LogP contribution in [0.25, 0.3) is 17.2 Å². The summed E-state index contributed by atoms with van der Waals surface area (Å²) in [6.45, 7) is 0. The Bertz CT molecular complexity index is 855. The summed E-state index contributed by atoms with van der Waals surface area (Å²) in [7, 11) is 0. The molecule has 118 valence electrons. The molecule has 24 heavy (non-hydrogen) atoms. The standard InChI is InChI=1S/C21H16ClNO/c22-20-9-5-4-8-18(20)12-15-21(24)23-19-13-10-17(11-14-19)16-6-2-1-3-7-16/h1-15H,(H,23,24)/b15-12-. The van der Waals surface area contributed by atoms with Crippen LogP contribution in [0.3, 0.4) is 0 Å². The van der Waals surface area contributed by atoms with Gasteiger partial charge in [-0.15, -0.1) is 0 Å². The van der Waals surface area contributed by atoms with E-state index in [2.05, 4.69) is 17.4 Å². The average molecular weight is 334 g/mol. The lowest BCUT2D eigenvalue weighted by Gasteiger charge is -2.05. The van der Waals surface area contributed by atoms with Crippen molar-refractivity contribution in [3.05, 3.63) is 95.5 Å². The lowest BCUT2D eigenvalue weighted by atomic mass is 10.1. The molecule has 0 aliphatic rings. The van der Waals surface area contributed by atoms with Crippen LogP contribution in [0.5, 0.6) is 0 Å². The SMILES string of the molecule is O=C(/C=C\c1ccccc1Cl)Nc1ccc(-c2ccccc2)cc1. The highest BCUT2D eigenvalue weighted by Gasteiger charge is 2.01. The number of benzene rings is 3. The van der Waals surface area contributed by atoms with Crippen LogP contribution in [0.1, 0.15) is 5.56 Å². The minimum Gasteiger partial charge on any atom is -0.323 e. The number of carbonyl (C=O) groups excluding carboxylic acids is 1. The summed E-state index contributed by atoms with van der Waals surface area (Å²) in [4.78, 5) is 12.0. The highest BCUT2D eigenvalue weighted by molar-refractivity contribution is 6.32. The van der Waals surface area contributed by atoms with Crippen LogP contribution in [0.4, 0.5) is 5.69 Å². The molecule has 0 fully saturated rings. The van der Waals surface area contributed by atoms with E-state index in [-0.39, 0.29) is 5.91 Å². The maximum Gasteiger partial charge on any atom is 0.248 e. The van der Waals surface area contributed by atoms with E-state index in [0.29, 0.717) is 5.02 Å². The van der Waals surface area contributed by atoms with Gasteiger partial charge < -0.3 is 5.32 Å². The van der Waals surface area contributed by atoms with Crippen molar-refractivity contribution < 1.29 is 4.79 Å². The molecule has 1 N–H and O–H groups in total. The summed E-state index contributed by atoms with van der Waals surface area (Å²) >= 11 is 6.06. The van der Waals surface area contributed by atoms with Gasteiger partial charge in [-0.3, -0.25) is 4.79 Å². The highest BCUT2D eigenvalue weighted by atomic mass is 35.5. The first kappa shape index (κ1) is 16.0. The molecule has 0 radical (unpaired) electrons. The van der Waals surface area contributed by atoms with Crippen molar-refractivity contribution in [1.82, 2.24) is 0 Å². The Hall–Kier alpha value is -2.84. The molecule has 3 rings (SSSR count). The molecule has 3 aromatic rings. The van der Waals surface area contributed by atoms with E-state index in [1.807, 2.05) is 60.7 Å². The minimum atomic E-state index is -0.192. The summed E-state index contributed by atoms with van der Waals surface area (Å²) in [6, 6.07) is 25.3. The van der Waals surface area contributed by atoms with Crippen LogP contribution in [-0.4, -0.2) is 5.91 Å². The molecule has 0 heterocycles. The van der Waals surface area contributed by atoms with Gasteiger partial charge in [0, 0.05) is 16.8 Å². The van der Waals surface area contributed by atoms with Crippen LogP contribution < -0.4 is 5.32 Å². The average Bonchev–Trinajstić information content (AvgIpc) is 2.62. The van der Waals surface area contributed by atoms with E-state index >= 15 is 0 Å². The molecule has 0 saturated heterocycles. The molecule has 0 atom stereocenters. The Morgan fingerprint density at radius 1 is 0.792 bits per heavy atom. The number of anilines is 1. The van der Waals surface area contributed by atoms with Crippen LogP contribution in [0.15, 0.2) is 84.9 Å². The van der Waals surface area contributed by atoms with Crippen LogP contribution in [0, 0.1) is 0 Å². The molecular formula is C21H16ClNO. The molecule has 0 saturated carbocycles. The van der Waals surface area contributed by atoms with Gasteiger partial charge in [-0.05, 0) is 41.0 Å². The second kappa shape index (κ2) is 7.62. The fraction of sp³-hybridized carbons (Fsp3) is 0. The van der Waals surface area contributed by atoms with Crippen LogP contribution in [-0.2, 0) is 4.79 Å². The topological polar surface area (TPSA) is 29.1 Å². The largest absolute Gasteiger partial charge is 0.323 e. The van der Waals surface area contributed by atoms with E-state index in [9.17, 15) is 4.79 Å². The van der Waals surface area contributed by atoms with Gasteiger partial charge >= 0.3 is 0 Å². The van der Waals surface area contributed by atoms with E-state index in [1.165, 1.54) is 6.08 Å². The smallest absolute Gasteiger partial charge is 0.248 e. The van der Waals surface area contributed by atoms with E-state index < -0.39 is 0 Å². The molecule has 3 aromatic carbocycles. The predicted molar refractivity (Wildman–Crippen MR) is 101 cm³/mol. The van der Waals surface area contributed by atoms with Crippen molar-refractivity contribution >= 4 is 29.3 Å². The van der Waals surface area contributed by atoms with Crippen molar-refractivity contribution in [1.29, 1.82) is 0 Å². The molecule has 0 aliphatic heterocycles. The fourth-order valence-electron chi connectivity index (χ4n) is 2.34. The molecule has 0 aromatic heterocycles. The van der Waals surface area contributed by atoms with Gasteiger partial charge in [-0.2, -0.15) is 0 Å². The minimum absolute atomic E-state index is 0.192. The zero-order chi connectivity index (χ0) is 16.8. The quantitative estimate of drug-likeness (QED) is 0.613. The zero-order valence-corrected chi connectivity index (χ0v) is 13.7. The normalized spacial score (nSPS) is 10.7. The first-order chi connectivity index (χ1) is 11.7. The molecule has 0 bridgehead atoms. The van der Waals surface area contributed by atoms with Crippen LogP contribution >= 0.6 is 11.6 Å². The summed E-state index contributed by atoms with van der Waals surface area (Å²) in [5, 5.41) is 3.46. The fourth-order valence-corrected chi connectivity index (χ4v) is 2.53. The number of halogens is 1. The molecule has 0 aliphatic carbocycles. The van der Waals surface area contributed by atoms with Crippen LogP contribution in [0.2, 0.25) is 5.02 Å². The summed E-state index contributed by atoms with van der Waals surface area (Å²) in [5.41, 5.74) is 3.83. The summed E-state index contributed by atoms with van der Waals surface area (Å²) in [6.07, 6.45) is 3.18. The third-order valence-electron chi connectivity index (χ3n) is 3.58. The Morgan fingerprint density at radius 2 is 1.42 bits per heavy atom. The van der Waals surface area contributed by atoms with Gasteiger partial charge in [0.2, 0.25) is 5.91 Å². The van der Waals surface area contributed by atoms with E-state index in [1.54, 1.807) is 12.1 Å². The van der Waals surface area contributed by atoms with Crippen molar-refractivity contribution in [3.8, 4) is 11.1 Å².